The maximum absolute atomic E-state index is 12.1. The molecule has 1 N–H and O–H groups in total. The summed E-state index contributed by atoms with van der Waals surface area (Å²) < 4.78 is 1.75. The molecule has 0 aliphatic heterocycles. The molecule has 0 saturated carbocycles. The van der Waals surface area contributed by atoms with Gasteiger partial charge >= 0.3 is 0 Å². The zero-order chi connectivity index (χ0) is 17.5. The van der Waals surface area contributed by atoms with E-state index in [2.05, 4.69) is 15.4 Å². The SMILES string of the molecule is O=C(CSCc1ccccn1)Nc1ccnn1Cc1ccc(Cl)cc1. The summed E-state index contributed by atoms with van der Waals surface area (Å²) in [7, 11) is 0. The smallest absolute Gasteiger partial charge is 0.235 e. The van der Waals surface area contributed by atoms with Crippen LogP contribution in [0.1, 0.15) is 11.3 Å². The normalized spacial score (nSPS) is 10.6. The lowest BCUT2D eigenvalue weighted by Crippen LogP contribution is -2.18. The van der Waals surface area contributed by atoms with Crippen molar-refractivity contribution in [2.75, 3.05) is 11.1 Å². The highest BCUT2D eigenvalue weighted by atomic mass is 35.5. The zero-order valence-electron chi connectivity index (χ0n) is 13.4. The predicted octanol–water partition coefficient (Wildman–Crippen LogP) is 3.85. The Kier molecular flexibility index (Phi) is 6.09. The molecule has 0 atom stereocenters. The van der Waals surface area contributed by atoms with Crippen LogP contribution in [0.25, 0.3) is 0 Å². The molecule has 0 unspecified atom stereocenters. The Morgan fingerprint density at radius 1 is 1.12 bits per heavy atom. The molecule has 0 aliphatic rings. The minimum atomic E-state index is -0.0567. The first-order valence-corrected chi connectivity index (χ1v) is 9.28. The van der Waals surface area contributed by atoms with E-state index in [1.807, 2.05) is 42.5 Å². The van der Waals surface area contributed by atoms with Crippen LogP contribution in [0.2, 0.25) is 5.02 Å². The monoisotopic (exact) mass is 372 g/mol. The minimum absolute atomic E-state index is 0.0567. The number of hydrogen-bond donors (Lipinski definition) is 1. The van der Waals surface area contributed by atoms with Crippen molar-refractivity contribution in [2.45, 2.75) is 12.3 Å². The summed E-state index contributed by atoms with van der Waals surface area (Å²) >= 11 is 7.43. The molecule has 1 amide bonds. The molecule has 3 rings (SSSR count). The first-order chi connectivity index (χ1) is 12.2. The van der Waals surface area contributed by atoms with E-state index in [0.717, 1.165) is 11.3 Å². The molecule has 0 spiro atoms. The Morgan fingerprint density at radius 2 is 1.96 bits per heavy atom. The van der Waals surface area contributed by atoms with Gasteiger partial charge in [0.25, 0.3) is 0 Å². The number of carbonyl (C=O) groups excluding carboxylic acids is 1. The summed E-state index contributed by atoms with van der Waals surface area (Å²) in [5, 5.41) is 7.87. The summed E-state index contributed by atoms with van der Waals surface area (Å²) in [5.41, 5.74) is 2.03. The van der Waals surface area contributed by atoms with Crippen molar-refractivity contribution in [2.24, 2.45) is 0 Å². The van der Waals surface area contributed by atoms with E-state index in [1.165, 1.54) is 11.8 Å². The van der Waals surface area contributed by atoms with Crippen LogP contribution in [0.15, 0.2) is 60.9 Å². The fourth-order valence-electron chi connectivity index (χ4n) is 2.24. The number of pyridine rings is 1. The van der Waals surface area contributed by atoms with Crippen molar-refractivity contribution in [3.05, 3.63) is 77.2 Å². The van der Waals surface area contributed by atoms with E-state index in [9.17, 15) is 4.79 Å². The number of carbonyl (C=O) groups is 1. The van der Waals surface area contributed by atoms with E-state index in [-0.39, 0.29) is 5.91 Å². The second-order valence-electron chi connectivity index (χ2n) is 5.36. The highest BCUT2D eigenvalue weighted by Gasteiger charge is 2.08. The summed E-state index contributed by atoms with van der Waals surface area (Å²) in [5.74, 6) is 1.69. The van der Waals surface area contributed by atoms with E-state index in [1.54, 1.807) is 23.1 Å². The molecule has 7 heteroatoms. The van der Waals surface area contributed by atoms with Crippen molar-refractivity contribution in [3.8, 4) is 0 Å². The maximum Gasteiger partial charge on any atom is 0.235 e. The fraction of sp³-hybridized carbons (Fsp3) is 0.167. The predicted molar refractivity (Wildman–Crippen MR) is 102 cm³/mol. The fourth-order valence-corrected chi connectivity index (χ4v) is 3.10. The summed E-state index contributed by atoms with van der Waals surface area (Å²) in [4.78, 5) is 16.4. The van der Waals surface area contributed by atoms with E-state index in [4.69, 9.17) is 11.6 Å². The number of hydrogen-bond acceptors (Lipinski definition) is 4. The summed E-state index contributed by atoms with van der Waals surface area (Å²) in [6.45, 7) is 0.570. The van der Waals surface area contributed by atoms with Crippen molar-refractivity contribution in [1.29, 1.82) is 0 Å². The Bertz CT molecular complexity index is 821. The molecule has 2 aromatic heterocycles. The molecule has 5 nitrogen and oxygen atoms in total. The van der Waals surface area contributed by atoms with Crippen LogP contribution in [0.5, 0.6) is 0 Å². The van der Waals surface area contributed by atoms with Crippen molar-refractivity contribution < 1.29 is 4.79 Å². The van der Waals surface area contributed by atoms with Crippen LogP contribution in [-0.2, 0) is 17.1 Å². The lowest BCUT2D eigenvalue weighted by molar-refractivity contribution is -0.113. The average molecular weight is 373 g/mol. The van der Waals surface area contributed by atoms with Gasteiger partial charge in [-0.2, -0.15) is 5.10 Å². The average Bonchev–Trinajstić information content (AvgIpc) is 3.04. The number of amides is 1. The van der Waals surface area contributed by atoms with Gasteiger partial charge in [0, 0.05) is 23.0 Å². The van der Waals surface area contributed by atoms with Crippen molar-refractivity contribution >= 4 is 35.1 Å². The first-order valence-electron chi connectivity index (χ1n) is 7.74. The van der Waals surface area contributed by atoms with Gasteiger partial charge in [-0.25, -0.2) is 4.68 Å². The molecule has 2 heterocycles. The third-order valence-electron chi connectivity index (χ3n) is 3.44. The van der Waals surface area contributed by atoms with Crippen LogP contribution in [0.4, 0.5) is 5.82 Å². The van der Waals surface area contributed by atoms with Gasteiger partial charge in [0.1, 0.15) is 5.82 Å². The molecule has 128 valence electrons. The number of benzene rings is 1. The lowest BCUT2D eigenvalue weighted by Gasteiger charge is -2.09. The second kappa shape index (κ2) is 8.69. The van der Waals surface area contributed by atoms with Gasteiger partial charge in [0.05, 0.1) is 24.2 Å². The number of thioether (sulfide) groups is 1. The number of anilines is 1. The third-order valence-corrected chi connectivity index (χ3v) is 4.66. The van der Waals surface area contributed by atoms with Gasteiger partial charge in [-0.1, -0.05) is 29.8 Å². The molecular weight excluding hydrogens is 356 g/mol. The van der Waals surface area contributed by atoms with Gasteiger partial charge in [-0.3, -0.25) is 9.78 Å². The van der Waals surface area contributed by atoms with Crippen molar-refractivity contribution in [1.82, 2.24) is 14.8 Å². The molecule has 3 aromatic rings. The van der Waals surface area contributed by atoms with Gasteiger partial charge in [-0.15, -0.1) is 11.8 Å². The minimum Gasteiger partial charge on any atom is -0.310 e. The largest absolute Gasteiger partial charge is 0.310 e. The quantitative estimate of drug-likeness (QED) is 0.684. The van der Waals surface area contributed by atoms with Crippen molar-refractivity contribution in [3.63, 3.8) is 0 Å². The zero-order valence-corrected chi connectivity index (χ0v) is 15.0. The molecule has 25 heavy (non-hydrogen) atoms. The Labute approximate surface area is 155 Å². The lowest BCUT2D eigenvalue weighted by atomic mass is 10.2. The second-order valence-corrected chi connectivity index (χ2v) is 6.78. The van der Waals surface area contributed by atoms with E-state index in [0.29, 0.717) is 28.9 Å². The highest BCUT2D eigenvalue weighted by Crippen LogP contribution is 2.15. The molecule has 0 fully saturated rings. The van der Waals surface area contributed by atoms with Crippen LogP contribution in [0.3, 0.4) is 0 Å². The Morgan fingerprint density at radius 3 is 2.72 bits per heavy atom. The van der Waals surface area contributed by atoms with E-state index < -0.39 is 0 Å². The van der Waals surface area contributed by atoms with Gasteiger partial charge in [0.15, 0.2) is 0 Å². The highest BCUT2D eigenvalue weighted by molar-refractivity contribution is 7.99. The molecule has 0 bridgehead atoms. The number of nitrogens with one attached hydrogen (secondary N) is 1. The number of nitrogens with zero attached hydrogens (tertiary/aromatic N) is 3. The number of aromatic nitrogens is 3. The Hall–Kier alpha value is -2.31. The van der Waals surface area contributed by atoms with Gasteiger partial charge in [0.2, 0.25) is 5.91 Å². The summed E-state index contributed by atoms with van der Waals surface area (Å²) in [6, 6.07) is 15.1. The Balaban J connectivity index is 1.52. The molecule has 0 radical (unpaired) electrons. The van der Waals surface area contributed by atoms with Crippen LogP contribution in [-0.4, -0.2) is 26.4 Å². The van der Waals surface area contributed by atoms with Gasteiger partial charge in [-0.05, 0) is 29.8 Å². The first kappa shape index (κ1) is 17.5. The van der Waals surface area contributed by atoms with E-state index >= 15 is 0 Å². The van der Waals surface area contributed by atoms with Crippen LogP contribution >= 0.6 is 23.4 Å². The van der Waals surface area contributed by atoms with Gasteiger partial charge < -0.3 is 5.32 Å². The summed E-state index contributed by atoms with van der Waals surface area (Å²) in [6.07, 6.45) is 3.43. The van der Waals surface area contributed by atoms with Crippen LogP contribution in [0, 0.1) is 0 Å². The topological polar surface area (TPSA) is 59.8 Å². The maximum atomic E-state index is 12.1. The molecule has 0 aliphatic carbocycles. The standard InChI is InChI=1S/C18H17ClN4OS/c19-15-6-4-14(5-7-15)11-23-17(8-10-21-23)22-18(24)13-25-12-16-3-1-2-9-20-16/h1-10H,11-13H2,(H,22,24). The number of halogens is 1. The number of rotatable bonds is 7. The third kappa shape index (κ3) is 5.34. The van der Waals surface area contributed by atoms with Crippen LogP contribution < -0.4 is 5.32 Å². The molecule has 1 aromatic carbocycles. The molecule has 0 saturated heterocycles. The molecular formula is C18H17ClN4OS.